The largest absolute Gasteiger partial charge is 0.507 e. The molecule has 6 rings (SSSR count). The van der Waals surface area contributed by atoms with Crippen molar-refractivity contribution in [3.8, 4) is 45.3 Å². The molecule has 2 heterocycles. The Morgan fingerprint density at radius 1 is 0.388 bits per heavy atom. The highest BCUT2D eigenvalue weighted by atomic mass is 16.4. The first-order valence-electron chi connectivity index (χ1n) is 50.7. The van der Waals surface area contributed by atoms with E-state index in [1.807, 2.05) is 6.92 Å². The van der Waals surface area contributed by atoms with Crippen LogP contribution in [-0.2, 0) is 80.0 Å². The topological polar surface area (TPSA) is 520 Å². The molecular weight excluding hydrogens is 1780 g/mol. The normalized spacial score (nSPS) is 17.3. The molecule has 2 aliphatic rings. The second-order valence-electron chi connectivity index (χ2n) is 37.8. The average molecular weight is 1950 g/mol. The van der Waals surface area contributed by atoms with Crippen LogP contribution in [0.15, 0.2) is 72.8 Å². The van der Waals surface area contributed by atoms with Crippen molar-refractivity contribution in [2.75, 3.05) is 54.6 Å². The Kier molecular flexibility index (Phi) is 56.6. The standard InChI is InChI=1S/C53H81N5O11.C48H70N4O11.C5H13NO/c1-7-9-10-11-12-13-14-15-16-17-18-19-20-22-48(65)57(5)43(34-60)53(69)54-36(4)44(61)27-28-49(66)58(6)50-38-24-26-46(63)41(32-38)40-30-37(23-25-45(40)62)31-42(52(68)55-39(33-59)21-8-2)56-51(67)35(3)29-47(50)64;1-6-7-8-9-10-11-12-13-14-15-16-17-18-19-43(58)51(4)38(30-53)47(61)49-32(3)39(54)24-25-44(59)52(5)45-34-21-23-41(56)36(29-34)35-27-33(20-22-40(35)55)28-37(48(62)63)50-46(60)31(2)26-42(45)57;1-2-3-5(6)4-7/h23-26,30,32,35-36,39,42-43,50,59-60,62-63H,7-22,27-29,31,33-34H2,1-6H3,(H,54,69)(H,55,68)(H,56,67);20-23,27,29,31-32,37-38,45,53,55-56H,6-19,24-26,28,30H2,1-5H3,(H,49,61)(H,50,60)(H,62,63);5,7H,2-4,6H2,1H3/t35-,36-,39+,42+,43-,50+;31-,32-,37+,38-,45+;5-/m110/s1. The number of ketones is 4. The number of carboxylic acids is 1. The Morgan fingerprint density at radius 2 is 0.712 bits per heavy atom. The lowest BCUT2D eigenvalue weighted by Gasteiger charge is -2.30. The van der Waals surface area contributed by atoms with E-state index in [1.54, 1.807) is 12.1 Å². The zero-order valence-corrected chi connectivity index (χ0v) is 84.6. The molecule has 0 radical (unpaired) electrons. The zero-order valence-electron chi connectivity index (χ0n) is 84.6. The maximum absolute atomic E-state index is 14.3. The van der Waals surface area contributed by atoms with Crippen molar-refractivity contribution in [1.29, 1.82) is 0 Å². The van der Waals surface area contributed by atoms with Gasteiger partial charge in [-0.1, -0.05) is 233 Å². The van der Waals surface area contributed by atoms with Gasteiger partial charge in [-0.05, 0) is 110 Å². The van der Waals surface area contributed by atoms with Crippen molar-refractivity contribution in [3.05, 3.63) is 95.1 Å². The number of aliphatic hydroxyl groups is 4. The third kappa shape index (κ3) is 41.5. The monoisotopic (exact) mass is 1950 g/mol. The van der Waals surface area contributed by atoms with Crippen LogP contribution in [0.3, 0.4) is 0 Å². The van der Waals surface area contributed by atoms with Gasteiger partial charge >= 0.3 is 5.97 Å². The molecule has 9 amide bonds. The molecule has 33 heteroatoms. The van der Waals surface area contributed by atoms with E-state index in [0.717, 1.165) is 61.2 Å². The van der Waals surface area contributed by atoms with Crippen LogP contribution in [0.25, 0.3) is 22.3 Å². The van der Waals surface area contributed by atoms with Gasteiger partial charge in [0.2, 0.25) is 53.2 Å². The number of hydrogen-bond donors (Lipinski definition) is 15. The van der Waals surface area contributed by atoms with Crippen molar-refractivity contribution in [2.45, 2.75) is 373 Å². The summed E-state index contributed by atoms with van der Waals surface area (Å²) in [4.78, 5) is 192. The predicted molar refractivity (Wildman–Crippen MR) is 533 cm³/mol. The second-order valence-corrected chi connectivity index (χ2v) is 37.8. The van der Waals surface area contributed by atoms with Crippen LogP contribution in [0.5, 0.6) is 23.0 Å². The van der Waals surface area contributed by atoms with Crippen molar-refractivity contribution in [1.82, 2.24) is 46.2 Å². The van der Waals surface area contributed by atoms with Gasteiger partial charge in [0.1, 0.15) is 59.2 Å². The highest BCUT2D eigenvalue weighted by Crippen LogP contribution is 2.42. The molecule has 8 bridgehead atoms. The van der Waals surface area contributed by atoms with Crippen LogP contribution in [0.1, 0.15) is 334 Å². The number of amides is 9. The van der Waals surface area contributed by atoms with Gasteiger partial charge < -0.3 is 97.9 Å². The Bertz CT molecular complexity index is 4560. The number of carboxylic acid groups (broad SMARTS) is 1. The number of aliphatic hydroxyl groups excluding tert-OH is 4. The number of hydrogen-bond acceptors (Lipinski definition) is 23. The Balaban J connectivity index is 0.000000544. The van der Waals surface area contributed by atoms with Gasteiger partial charge in [-0.2, -0.15) is 0 Å². The number of phenols is 4. The Hall–Kier alpha value is -10.7. The van der Waals surface area contributed by atoms with Gasteiger partial charge in [0.15, 0.2) is 23.1 Å². The van der Waals surface area contributed by atoms with E-state index in [0.29, 0.717) is 36.8 Å². The van der Waals surface area contributed by atoms with Gasteiger partial charge in [0, 0.05) is 133 Å². The van der Waals surface area contributed by atoms with E-state index in [9.17, 15) is 108 Å². The van der Waals surface area contributed by atoms with Crippen molar-refractivity contribution < 1.29 is 113 Å². The number of Topliss-reactive ketones (excluding diaryl/α,β-unsaturated/α-hetero) is 4. The molecule has 776 valence electrons. The quantitative estimate of drug-likeness (QED) is 0.0183. The molecule has 33 nitrogen and oxygen atoms in total. The third-order valence-corrected chi connectivity index (χ3v) is 26.2. The number of nitrogens with zero attached hydrogens (tertiary/aromatic N) is 4. The van der Waals surface area contributed by atoms with Gasteiger partial charge in [0.05, 0.1) is 44.6 Å². The molecular formula is C106H164N10O23. The van der Waals surface area contributed by atoms with Crippen LogP contribution in [0.4, 0.5) is 0 Å². The summed E-state index contributed by atoms with van der Waals surface area (Å²) in [5.41, 5.74) is 7.34. The fraction of sp³-hybridized carbons (Fsp3) is 0.642. The first kappa shape index (κ1) is 121. The summed E-state index contributed by atoms with van der Waals surface area (Å²) in [5, 5.41) is 105. The second kappa shape index (κ2) is 65.3. The molecule has 16 N–H and O–H groups in total. The number of nitrogens with two attached hydrogens (primary N) is 1. The van der Waals surface area contributed by atoms with Crippen molar-refractivity contribution in [3.63, 3.8) is 0 Å². The lowest BCUT2D eigenvalue weighted by Crippen LogP contribution is -2.53. The smallest absolute Gasteiger partial charge is 0.326 e. The summed E-state index contributed by atoms with van der Waals surface area (Å²) in [5.74, 6) is -11.5. The summed E-state index contributed by atoms with van der Waals surface area (Å²) >= 11 is 0. The third-order valence-electron chi connectivity index (χ3n) is 26.2. The van der Waals surface area contributed by atoms with Crippen molar-refractivity contribution in [2.24, 2.45) is 17.6 Å². The molecule has 4 aromatic carbocycles. The number of aromatic hydroxyl groups is 4. The number of carbonyl (C=O) groups is 14. The molecule has 4 aromatic rings. The zero-order chi connectivity index (χ0) is 103. The number of aliphatic carboxylic acids is 1. The van der Waals surface area contributed by atoms with E-state index in [1.165, 1.54) is 242 Å². The molecule has 0 saturated carbocycles. The fourth-order valence-corrected chi connectivity index (χ4v) is 17.2. The Labute approximate surface area is 822 Å². The van der Waals surface area contributed by atoms with Crippen molar-refractivity contribution >= 4 is 82.3 Å². The molecule has 0 unspecified atom stereocenters. The number of nitrogens with one attached hydrogen (secondary N) is 5. The minimum absolute atomic E-state index is 0.00463. The predicted octanol–water partition coefficient (Wildman–Crippen LogP) is 12.6. The molecule has 0 fully saturated rings. The molecule has 12 atom stereocenters. The van der Waals surface area contributed by atoms with Crippen LogP contribution >= 0.6 is 0 Å². The maximum Gasteiger partial charge on any atom is 0.326 e. The van der Waals surface area contributed by atoms with Gasteiger partial charge in [-0.25, -0.2) is 4.79 Å². The lowest BCUT2D eigenvalue weighted by molar-refractivity contribution is -0.143. The molecule has 0 aromatic heterocycles. The fourth-order valence-electron chi connectivity index (χ4n) is 17.2. The van der Waals surface area contributed by atoms with E-state index >= 15 is 0 Å². The van der Waals surface area contributed by atoms with Crippen LogP contribution < -0.4 is 32.3 Å². The maximum atomic E-state index is 14.3. The van der Waals surface area contributed by atoms with Gasteiger partial charge in [-0.15, -0.1) is 0 Å². The summed E-state index contributed by atoms with van der Waals surface area (Å²) in [6.45, 7) is 12.8. The summed E-state index contributed by atoms with van der Waals surface area (Å²) < 4.78 is 0. The summed E-state index contributed by atoms with van der Waals surface area (Å²) in [7, 11) is 5.62. The Morgan fingerprint density at radius 3 is 1.03 bits per heavy atom. The highest BCUT2D eigenvalue weighted by molar-refractivity contribution is 5.99. The van der Waals surface area contributed by atoms with Crippen LogP contribution in [-0.4, -0.2) is 251 Å². The number of phenolic OH excluding ortho intramolecular Hbond substituents is 4. The first-order valence-corrected chi connectivity index (χ1v) is 50.7. The van der Waals surface area contributed by atoms with E-state index < -0.39 is 156 Å². The lowest BCUT2D eigenvalue weighted by atomic mass is 9.89. The van der Waals surface area contributed by atoms with E-state index in [-0.39, 0.29) is 145 Å². The number of fused-ring (bicyclic) bond motifs is 10. The molecule has 0 aliphatic carbocycles. The number of likely N-dealkylation sites (N-methyl/N-ethyl adjacent to an activating group) is 4. The number of benzene rings is 4. The highest BCUT2D eigenvalue weighted by Gasteiger charge is 2.39. The van der Waals surface area contributed by atoms with E-state index in [4.69, 9.17) is 10.8 Å². The molecule has 0 spiro atoms. The molecule has 139 heavy (non-hydrogen) atoms. The number of rotatable bonds is 55. The minimum Gasteiger partial charge on any atom is -0.507 e. The van der Waals surface area contributed by atoms with Crippen LogP contribution in [0, 0.1) is 11.8 Å². The minimum atomic E-state index is -1.36. The summed E-state index contributed by atoms with van der Waals surface area (Å²) in [6, 6.07) is 6.96. The van der Waals surface area contributed by atoms with Gasteiger partial charge in [0.25, 0.3) is 0 Å². The van der Waals surface area contributed by atoms with Gasteiger partial charge in [-0.3, -0.25) is 62.3 Å². The first-order chi connectivity index (χ1) is 66.3. The SMILES string of the molecule is CCCCCCCCCCCCCCCC(=O)N(C)[C@H](CO)C(=O)N[C@H](C)C(=O)CCC(=O)N(C)[C@@H]1C(=O)C[C@@H](C)C(=O)N[C@H](C(=O)N[C@H](CO)CCC)Cc2ccc(O)c(c2)-c2cc1ccc2O.CCCCCCCCCCCCCCCC(=O)N(C)[C@H](CO)C(=O)N[C@H](C)C(=O)CCC(=O)N(C)[C@@H]1C(=O)C[C@@H](C)C(=O)N[C@H](C(=O)O)Cc2ccc(O)c(c2)-c2cc1ccc2O.CCC[C@H](N)CO. The number of carbonyl (C=O) groups excluding carboxylic acids is 13. The molecule has 0 saturated heterocycles. The van der Waals surface area contributed by atoms with Crippen LogP contribution in [0.2, 0.25) is 0 Å². The molecule has 2 aliphatic heterocycles. The van der Waals surface area contributed by atoms with E-state index in [2.05, 4.69) is 47.4 Å². The number of unbranched alkanes of at least 4 members (excludes halogenated alkanes) is 24. The average Bonchev–Trinajstić information content (AvgIpc) is 0.787. The summed E-state index contributed by atoms with van der Waals surface area (Å²) in [6.07, 6.45) is 31.7.